The smallest absolute Gasteiger partial charge is 0.306 e. The fraction of sp³-hybridized carbons (Fsp3) is 0.731. The first kappa shape index (κ1) is 24.2. The molecule has 0 saturated heterocycles. The molecule has 0 radical (unpaired) electrons. The van der Waals surface area contributed by atoms with Crippen molar-refractivity contribution in [3.63, 3.8) is 0 Å². The molecule has 3 N–H and O–H groups in total. The molecule has 0 spiro atoms. The van der Waals surface area contributed by atoms with Crippen LogP contribution in [-0.2, 0) is 9.53 Å². The minimum Gasteiger partial charge on any atom is -0.458 e. The molecule has 5 heteroatoms. The Morgan fingerprint density at radius 3 is 2.61 bits per heavy atom. The van der Waals surface area contributed by atoms with Crippen LogP contribution in [0.5, 0.6) is 0 Å². The van der Waals surface area contributed by atoms with Gasteiger partial charge in [-0.3, -0.25) is 4.79 Å². The summed E-state index contributed by atoms with van der Waals surface area (Å²) in [6.45, 7) is 7.67. The molecule has 0 aliphatic heterocycles. The second kappa shape index (κ2) is 9.60. The van der Waals surface area contributed by atoms with Crippen LogP contribution in [0.2, 0.25) is 0 Å². The predicted molar refractivity (Wildman–Crippen MR) is 121 cm³/mol. The summed E-state index contributed by atoms with van der Waals surface area (Å²) in [5, 5.41) is 29.7. The van der Waals surface area contributed by atoms with E-state index in [1.807, 2.05) is 6.92 Å². The molecule has 0 amide bonds. The molecule has 3 aliphatic rings. The first-order valence-electron chi connectivity index (χ1n) is 11.8. The zero-order valence-corrected chi connectivity index (χ0v) is 19.6. The van der Waals surface area contributed by atoms with Gasteiger partial charge in [-0.25, -0.2) is 0 Å². The number of hydrogen-bond acceptors (Lipinski definition) is 5. The summed E-state index contributed by atoms with van der Waals surface area (Å²) in [4.78, 5) is 12.3. The third-order valence-corrected chi connectivity index (χ3v) is 7.37. The maximum atomic E-state index is 12.3. The van der Waals surface area contributed by atoms with Crippen molar-refractivity contribution in [3.8, 4) is 0 Å². The van der Waals surface area contributed by atoms with Gasteiger partial charge in [0.05, 0.1) is 17.8 Å². The highest BCUT2D eigenvalue weighted by Gasteiger charge is 2.46. The second-order valence-electron chi connectivity index (χ2n) is 10.7. The molecule has 174 valence electrons. The number of allylic oxidation sites excluding steroid dienone is 4. The van der Waals surface area contributed by atoms with Crippen molar-refractivity contribution in [3.05, 3.63) is 34.9 Å². The topological polar surface area (TPSA) is 87.0 Å². The van der Waals surface area contributed by atoms with E-state index in [1.165, 1.54) is 11.1 Å². The number of rotatable bonds is 6. The van der Waals surface area contributed by atoms with E-state index in [0.29, 0.717) is 31.6 Å². The van der Waals surface area contributed by atoms with Crippen molar-refractivity contribution < 1.29 is 24.9 Å². The van der Waals surface area contributed by atoms with Gasteiger partial charge in [-0.2, -0.15) is 0 Å². The molecule has 0 bridgehead atoms. The van der Waals surface area contributed by atoms with Crippen LogP contribution in [0, 0.1) is 11.3 Å². The molecule has 2 fully saturated rings. The first-order chi connectivity index (χ1) is 14.5. The van der Waals surface area contributed by atoms with E-state index in [4.69, 9.17) is 4.74 Å². The van der Waals surface area contributed by atoms with Crippen molar-refractivity contribution in [1.29, 1.82) is 0 Å². The molecule has 2 saturated carbocycles. The molecule has 3 rings (SSSR count). The molecule has 0 aromatic rings. The zero-order chi connectivity index (χ0) is 22.8. The highest BCUT2D eigenvalue weighted by molar-refractivity contribution is 5.70. The van der Waals surface area contributed by atoms with Crippen LogP contribution >= 0.6 is 0 Å². The molecule has 31 heavy (non-hydrogen) atoms. The van der Waals surface area contributed by atoms with Gasteiger partial charge in [0.25, 0.3) is 0 Å². The number of aliphatic hydroxyl groups is 3. The van der Waals surface area contributed by atoms with E-state index >= 15 is 0 Å². The summed E-state index contributed by atoms with van der Waals surface area (Å²) in [6, 6.07) is 0. The molecule has 3 aliphatic carbocycles. The molecular formula is C26H40O5. The summed E-state index contributed by atoms with van der Waals surface area (Å²) in [6.07, 6.45) is 12.0. The minimum absolute atomic E-state index is 0.00979. The fourth-order valence-corrected chi connectivity index (χ4v) is 5.74. The number of ether oxygens (including phenoxy) is 1. The van der Waals surface area contributed by atoms with E-state index < -0.39 is 17.8 Å². The number of esters is 1. The van der Waals surface area contributed by atoms with Gasteiger partial charge in [0.2, 0.25) is 0 Å². The van der Waals surface area contributed by atoms with Gasteiger partial charge in [0, 0.05) is 6.42 Å². The molecular weight excluding hydrogens is 392 g/mol. The molecule has 0 aromatic carbocycles. The minimum atomic E-state index is -0.867. The van der Waals surface area contributed by atoms with Gasteiger partial charge in [0.15, 0.2) is 0 Å². The molecule has 0 heterocycles. The van der Waals surface area contributed by atoms with Gasteiger partial charge < -0.3 is 20.1 Å². The summed E-state index contributed by atoms with van der Waals surface area (Å²) < 4.78 is 5.75. The number of fused-ring (bicyclic) bond motifs is 1. The van der Waals surface area contributed by atoms with Crippen LogP contribution < -0.4 is 0 Å². The molecule has 0 aromatic heterocycles. The first-order valence-corrected chi connectivity index (χ1v) is 11.8. The van der Waals surface area contributed by atoms with Crippen molar-refractivity contribution in [1.82, 2.24) is 0 Å². The van der Waals surface area contributed by atoms with E-state index in [1.54, 1.807) is 13.8 Å². The van der Waals surface area contributed by atoms with E-state index in [9.17, 15) is 20.1 Å². The lowest BCUT2D eigenvalue weighted by Gasteiger charge is -2.42. The second-order valence-corrected chi connectivity index (χ2v) is 10.7. The lowest BCUT2D eigenvalue weighted by Crippen LogP contribution is -2.35. The quantitative estimate of drug-likeness (QED) is 0.429. The Morgan fingerprint density at radius 2 is 1.97 bits per heavy atom. The van der Waals surface area contributed by atoms with Crippen molar-refractivity contribution in [2.45, 2.75) is 109 Å². The van der Waals surface area contributed by atoms with Crippen LogP contribution in [0.25, 0.3) is 0 Å². The van der Waals surface area contributed by atoms with Crippen molar-refractivity contribution in [2.75, 3.05) is 0 Å². The average molecular weight is 433 g/mol. The van der Waals surface area contributed by atoms with Gasteiger partial charge >= 0.3 is 5.97 Å². The summed E-state index contributed by atoms with van der Waals surface area (Å²) >= 11 is 0. The summed E-state index contributed by atoms with van der Waals surface area (Å²) in [5.74, 6) is 0.150. The molecule has 5 nitrogen and oxygen atoms in total. The number of aliphatic hydroxyl groups excluding tert-OH is 2. The monoisotopic (exact) mass is 432 g/mol. The Balaban J connectivity index is 1.66. The number of carbonyl (C=O) groups is 1. The Labute approximate surface area is 186 Å². The standard InChI is InChI=1S/C26H40O5/c1-17(31-24(29)11-13-25(2,3)30)22-9-10-23-19(6-5-12-26(22,23)4)8-7-18-14-20(27)16-21(28)15-18/h7-9,17,20-21,23,27-28,30H,5-6,10-16H2,1-4H3/t17-,20+,21+,23-,26+/m0/s1. The zero-order valence-electron chi connectivity index (χ0n) is 19.6. The lowest BCUT2D eigenvalue weighted by molar-refractivity contribution is -0.148. The maximum Gasteiger partial charge on any atom is 0.306 e. The largest absolute Gasteiger partial charge is 0.458 e. The third kappa shape index (κ3) is 6.09. The SMILES string of the molecule is C[C@H](OC(=O)CCC(C)(C)O)C1=CC[C@H]2C(=CC=C3C[C@@H](O)C[C@H](O)C3)CCC[C@]12C. The van der Waals surface area contributed by atoms with Crippen LogP contribution in [0.4, 0.5) is 0 Å². The normalized spacial score (nSPS) is 33.6. The van der Waals surface area contributed by atoms with Gasteiger partial charge in [0.1, 0.15) is 6.10 Å². The van der Waals surface area contributed by atoms with Crippen molar-refractivity contribution >= 4 is 5.97 Å². The van der Waals surface area contributed by atoms with E-state index in [0.717, 1.165) is 31.3 Å². The van der Waals surface area contributed by atoms with Crippen molar-refractivity contribution in [2.24, 2.45) is 11.3 Å². The Kier molecular flexibility index (Phi) is 7.50. The number of hydrogen-bond donors (Lipinski definition) is 3. The lowest BCUT2D eigenvalue weighted by atomic mass is 9.63. The van der Waals surface area contributed by atoms with Crippen LogP contribution in [0.1, 0.15) is 85.5 Å². The van der Waals surface area contributed by atoms with Crippen LogP contribution in [0.3, 0.4) is 0 Å². The van der Waals surface area contributed by atoms with Gasteiger partial charge in [-0.1, -0.05) is 36.3 Å². The maximum absolute atomic E-state index is 12.3. The summed E-state index contributed by atoms with van der Waals surface area (Å²) in [7, 11) is 0. The van der Waals surface area contributed by atoms with Crippen LogP contribution in [-0.4, -0.2) is 45.2 Å². The Hall–Kier alpha value is -1.43. The predicted octanol–water partition coefficient (Wildman–Crippen LogP) is 4.36. The third-order valence-electron chi connectivity index (χ3n) is 7.37. The highest BCUT2D eigenvalue weighted by atomic mass is 16.5. The Morgan fingerprint density at radius 1 is 1.29 bits per heavy atom. The molecule has 0 unspecified atom stereocenters. The fourth-order valence-electron chi connectivity index (χ4n) is 5.74. The van der Waals surface area contributed by atoms with E-state index in [-0.39, 0.29) is 23.9 Å². The Bertz CT molecular complexity index is 744. The van der Waals surface area contributed by atoms with Gasteiger partial charge in [-0.05, 0) is 89.0 Å². The summed E-state index contributed by atoms with van der Waals surface area (Å²) in [5.41, 5.74) is 2.88. The average Bonchev–Trinajstić information content (AvgIpc) is 3.01. The van der Waals surface area contributed by atoms with Gasteiger partial charge in [-0.15, -0.1) is 0 Å². The highest BCUT2D eigenvalue weighted by Crippen LogP contribution is 2.55. The molecule has 5 atom stereocenters. The number of carbonyl (C=O) groups excluding carboxylic acids is 1. The van der Waals surface area contributed by atoms with Crippen LogP contribution in [0.15, 0.2) is 34.9 Å². The van der Waals surface area contributed by atoms with E-state index in [2.05, 4.69) is 25.2 Å².